The molecule has 0 radical (unpaired) electrons. The van der Waals surface area contributed by atoms with Crippen molar-refractivity contribution in [2.24, 2.45) is 7.05 Å². The third kappa shape index (κ3) is 9.11. The number of benzene rings is 3. The summed E-state index contributed by atoms with van der Waals surface area (Å²) in [7, 11) is 3.20. The van der Waals surface area contributed by atoms with Gasteiger partial charge in [-0.1, -0.05) is 56.1 Å². The number of aromatic nitrogens is 2. The summed E-state index contributed by atoms with van der Waals surface area (Å²) in [5.41, 5.74) is -1.39. The summed E-state index contributed by atoms with van der Waals surface area (Å²) in [6.45, 7) is 5.77. The minimum atomic E-state index is -2.28. The van der Waals surface area contributed by atoms with E-state index in [1.54, 1.807) is 42.1 Å². The van der Waals surface area contributed by atoms with Gasteiger partial charge in [0.05, 0.1) is 36.3 Å². The zero-order valence-corrected chi connectivity index (χ0v) is 27.9. The second-order valence-electron chi connectivity index (χ2n) is 11.2. The van der Waals surface area contributed by atoms with E-state index in [0.29, 0.717) is 22.4 Å². The average molecular weight is 665 g/mol. The smallest absolute Gasteiger partial charge is 0.174 e. The first-order valence-corrected chi connectivity index (χ1v) is 15.8. The van der Waals surface area contributed by atoms with E-state index in [1.807, 2.05) is 6.07 Å². The lowest BCUT2D eigenvalue weighted by atomic mass is 9.86. The number of hydrogen-bond donors (Lipinski definition) is 3. The van der Waals surface area contributed by atoms with Gasteiger partial charge in [-0.25, -0.2) is 9.37 Å². The standard InChI is InChI=1S/C29H26ClFN4O4.C4H8O.C3H8/c1-34-14-25(33-17-34)28(38)20-11-21(15-36)27(24(31)12-20)29(39,22-7-9-23(30)10-8-22)35(2)26(16-37)19-5-3-18(13-32)4-6-19;1-2-4-5-3-1;1-3-2/h3-12,14-15,17,26,28,37-39H,16H2,1-2H3;1-4H2;3H2,1-2H3. The van der Waals surface area contributed by atoms with Gasteiger partial charge in [0.2, 0.25) is 0 Å². The number of carbonyl (C=O) groups excluding carboxylic acids is 1. The molecule has 4 aromatic rings. The maximum absolute atomic E-state index is 16.1. The fraction of sp³-hybridized carbons (Fsp3) is 0.361. The molecule has 5 rings (SSSR count). The number of hydrogen-bond acceptors (Lipinski definition) is 8. The van der Waals surface area contributed by atoms with Crippen LogP contribution in [0.15, 0.2) is 73.2 Å². The van der Waals surface area contributed by atoms with E-state index in [2.05, 4.69) is 18.8 Å². The summed E-state index contributed by atoms with van der Waals surface area (Å²) >= 11 is 6.08. The maximum atomic E-state index is 16.1. The van der Waals surface area contributed by atoms with Crippen molar-refractivity contribution in [3.63, 3.8) is 0 Å². The maximum Gasteiger partial charge on any atom is 0.174 e. The van der Waals surface area contributed by atoms with E-state index in [1.165, 1.54) is 67.9 Å². The van der Waals surface area contributed by atoms with Crippen LogP contribution in [0.5, 0.6) is 0 Å². The molecule has 3 N–H and O–H groups in total. The van der Waals surface area contributed by atoms with Crippen molar-refractivity contribution in [2.45, 2.75) is 51.0 Å². The summed E-state index contributed by atoms with van der Waals surface area (Å²) in [6.07, 6.45) is 5.94. The van der Waals surface area contributed by atoms with Crippen LogP contribution < -0.4 is 0 Å². The highest BCUT2D eigenvalue weighted by Crippen LogP contribution is 2.42. The summed E-state index contributed by atoms with van der Waals surface area (Å²) in [4.78, 5) is 17.8. The first-order valence-electron chi connectivity index (χ1n) is 15.4. The van der Waals surface area contributed by atoms with Crippen molar-refractivity contribution in [1.82, 2.24) is 14.5 Å². The van der Waals surface area contributed by atoms with Gasteiger partial charge >= 0.3 is 0 Å². The largest absolute Gasteiger partial charge is 0.394 e. The molecule has 1 fully saturated rings. The Kier molecular flexibility index (Phi) is 14.2. The predicted octanol–water partition coefficient (Wildman–Crippen LogP) is 6.05. The number of rotatable bonds is 9. The molecular weight excluding hydrogens is 623 g/mol. The molecule has 0 spiro atoms. The van der Waals surface area contributed by atoms with Crippen LogP contribution >= 0.6 is 11.6 Å². The highest BCUT2D eigenvalue weighted by molar-refractivity contribution is 6.30. The first-order chi connectivity index (χ1) is 22.5. The molecule has 1 aliphatic heterocycles. The van der Waals surface area contributed by atoms with Gasteiger partial charge in [0.25, 0.3) is 0 Å². The third-order valence-corrected chi connectivity index (χ3v) is 7.84. The van der Waals surface area contributed by atoms with Gasteiger partial charge in [-0.2, -0.15) is 5.26 Å². The number of nitrogens with zero attached hydrogens (tertiary/aromatic N) is 4. The van der Waals surface area contributed by atoms with E-state index >= 15 is 4.39 Å². The van der Waals surface area contributed by atoms with E-state index in [4.69, 9.17) is 21.6 Å². The van der Waals surface area contributed by atoms with E-state index in [9.17, 15) is 20.1 Å². The van der Waals surface area contributed by atoms with Gasteiger partial charge in [0, 0.05) is 48.2 Å². The van der Waals surface area contributed by atoms with Crippen LogP contribution in [0.4, 0.5) is 4.39 Å². The lowest BCUT2D eigenvalue weighted by molar-refractivity contribution is -0.101. The molecule has 1 aromatic heterocycles. The van der Waals surface area contributed by atoms with Crippen LogP contribution in [-0.4, -0.2) is 62.9 Å². The fourth-order valence-corrected chi connectivity index (χ4v) is 5.31. The minimum absolute atomic E-state index is 0.0731. The van der Waals surface area contributed by atoms with Crippen LogP contribution in [0.3, 0.4) is 0 Å². The topological polar surface area (TPSA) is 132 Å². The zero-order chi connectivity index (χ0) is 34.6. The van der Waals surface area contributed by atoms with Crippen LogP contribution in [0, 0.1) is 17.1 Å². The molecule has 47 heavy (non-hydrogen) atoms. The van der Waals surface area contributed by atoms with Crippen LogP contribution in [0.1, 0.15) is 89.1 Å². The molecule has 0 amide bonds. The molecule has 0 saturated carbocycles. The monoisotopic (exact) mass is 664 g/mol. The number of ether oxygens (including phenoxy) is 1. The van der Waals surface area contributed by atoms with E-state index in [-0.39, 0.29) is 27.9 Å². The Hall–Kier alpha value is -3.95. The Morgan fingerprint density at radius 3 is 2.21 bits per heavy atom. The number of aryl methyl sites for hydroxylation is 1. The molecule has 9 nitrogen and oxygen atoms in total. The molecule has 1 saturated heterocycles. The van der Waals surface area contributed by atoms with Crippen LogP contribution in [-0.2, 0) is 17.5 Å². The number of aldehydes is 1. The second kappa shape index (κ2) is 17.8. The molecule has 0 aliphatic carbocycles. The van der Waals surface area contributed by atoms with Gasteiger partial charge in [-0.15, -0.1) is 0 Å². The van der Waals surface area contributed by atoms with Gasteiger partial charge in [-0.3, -0.25) is 9.69 Å². The van der Waals surface area contributed by atoms with Crippen molar-refractivity contribution in [3.05, 3.63) is 123 Å². The Morgan fingerprint density at radius 1 is 1.13 bits per heavy atom. The highest BCUT2D eigenvalue weighted by atomic mass is 35.5. The number of imidazole rings is 1. The SMILES string of the molecule is C1CCOC1.CCC.CN(C(CO)c1ccc(C#N)cc1)C(O)(c1ccc(Cl)cc1)c1c(F)cc(C(O)c2cn(C)cn2)cc1C=O. The molecule has 11 heteroatoms. The number of carbonyl (C=O) groups is 1. The Morgan fingerprint density at radius 2 is 1.74 bits per heavy atom. The normalized spacial score (nSPS) is 14.9. The van der Waals surface area contributed by atoms with Crippen molar-refractivity contribution in [2.75, 3.05) is 26.9 Å². The lowest BCUT2D eigenvalue weighted by Gasteiger charge is -2.43. The summed E-state index contributed by atoms with van der Waals surface area (Å²) in [5, 5.41) is 43.1. The number of likely N-dealkylation sites (N-methyl/N-ethyl adjacent to an activating group) is 1. The fourth-order valence-electron chi connectivity index (χ4n) is 5.19. The van der Waals surface area contributed by atoms with Crippen molar-refractivity contribution >= 4 is 17.9 Å². The molecule has 0 bridgehead atoms. The molecule has 3 unspecified atom stereocenters. The third-order valence-electron chi connectivity index (χ3n) is 7.59. The number of nitriles is 1. The molecular formula is C36H42ClFN4O5. The first kappa shape index (κ1) is 37.5. The molecule has 3 aromatic carbocycles. The van der Waals surface area contributed by atoms with Crippen molar-refractivity contribution in [3.8, 4) is 6.07 Å². The van der Waals surface area contributed by atoms with Gasteiger partial charge in [0.15, 0.2) is 12.0 Å². The average Bonchev–Trinajstić information content (AvgIpc) is 3.81. The summed E-state index contributed by atoms with van der Waals surface area (Å²) in [6, 6.07) is 15.9. The second-order valence-corrected chi connectivity index (χ2v) is 11.6. The molecule has 250 valence electrons. The van der Waals surface area contributed by atoms with E-state index < -0.39 is 30.3 Å². The quantitative estimate of drug-likeness (QED) is 0.146. The van der Waals surface area contributed by atoms with Gasteiger partial charge in [-0.05, 0) is 67.4 Å². The Labute approximate surface area is 280 Å². The number of halogens is 2. The summed E-state index contributed by atoms with van der Waals surface area (Å²) < 4.78 is 22.6. The number of aliphatic hydroxyl groups is 3. The van der Waals surface area contributed by atoms with Gasteiger partial charge in [0.1, 0.15) is 11.9 Å². The number of aliphatic hydroxyl groups excluding tert-OH is 2. The van der Waals surface area contributed by atoms with Gasteiger partial charge < -0.3 is 24.6 Å². The Balaban J connectivity index is 0.000000663. The summed E-state index contributed by atoms with van der Waals surface area (Å²) in [5.74, 6) is -0.953. The molecule has 3 atom stereocenters. The predicted molar refractivity (Wildman–Crippen MR) is 178 cm³/mol. The van der Waals surface area contributed by atoms with Crippen LogP contribution in [0.2, 0.25) is 5.02 Å². The molecule has 1 aliphatic rings. The Bertz CT molecular complexity index is 1610. The minimum Gasteiger partial charge on any atom is -0.394 e. The lowest BCUT2D eigenvalue weighted by Crippen LogP contribution is -2.48. The van der Waals surface area contributed by atoms with Crippen LogP contribution in [0.25, 0.3) is 0 Å². The van der Waals surface area contributed by atoms with Crippen molar-refractivity contribution in [1.29, 1.82) is 5.26 Å². The molecule has 2 heterocycles. The zero-order valence-electron chi connectivity index (χ0n) is 27.1. The van der Waals surface area contributed by atoms with Crippen molar-refractivity contribution < 1.29 is 29.2 Å². The van der Waals surface area contributed by atoms with E-state index in [0.717, 1.165) is 19.3 Å². The highest BCUT2D eigenvalue weighted by Gasteiger charge is 2.44.